The standard InChI is InChI=1S/C15H23NO3/c1-4-9-15(10-5-2,14(17)18)16-12-7-6-8-13(11-12)19-3/h6-8,11,16H,4-5,9-10H2,1-3H3,(H,17,18). The Kier molecular flexibility index (Phi) is 5.67. The Hall–Kier alpha value is -1.71. The summed E-state index contributed by atoms with van der Waals surface area (Å²) in [5.74, 6) is -0.0729. The largest absolute Gasteiger partial charge is 0.497 e. The third kappa shape index (κ3) is 3.88. The molecule has 2 N–H and O–H groups in total. The number of carboxylic acid groups (broad SMARTS) is 1. The third-order valence-electron chi connectivity index (χ3n) is 3.22. The molecule has 0 amide bonds. The first-order chi connectivity index (χ1) is 9.07. The van der Waals surface area contributed by atoms with E-state index in [1.807, 2.05) is 38.1 Å². The van der Waals surface area contributed by atoms with Crippen LogP contribution in [0.1, 0.15) is 39.5 Å². The van der Waals surface area contributed by atoms with E-state index in [-0.39, 0.29) is 0 Å². The van der Waals surface area contributed by atoms with Crippen molar-refractivity contribution < 1.29 is 14.6 Å². The van der Waals surface area contributed by atoms with Gasteiger partial charge in [-0.3, -0.25) is 0 Å². The molecule has 1 aromatic rings. The van der Waals surface area contributed by atoms with Gasteiger partial charge in [0.2, 0.25) is 0 Å². The van der Waals surface area contributed by atoms with Gasteiger partial charge in [0.05, 0.1) is 7.11 Å². The number of carbonyl (C=O) groups is 1. The molecule has 0 aliphatic heterocycles. The highest BCUT2D eigenvalue weighted by molar-refractivity contribution is 5.82. The van der Waals surface area contributed by atoms with Gasteiger partial charge in [0.1, 0.15) is 11.3 Å². The summed E-state index contributed by atoms with van der Waals surface area (Å²) in [4.78, 5) is 11.7. The Morgan fingerprint density at radius 1 is 1.32 bits per heavy atom. The van der Waals surface area contributed by atoms with Crippen LogP contribution in [-0.2, 0) is 4.79 Å². The van der Waals surface area contributed by atoms with Crippen LogP contribution in [0.25, 0.3) is 0 Å². The van der Waals surface area contributed by atoms with E-state index < -0.39 is 11.5 Å². The number of benzene rings is 1. The van der Waals surface area contributed by atoms with E-state index in [0.717, 1.165) is 24.3 Å². The summed E-state index contributed by atoms with van der Waals surface area (Å²) in [6, 6.07) is 7.38. The van der Waals surface area contributed by atoms with Crippen molar-refractivity contribution in [2.45, 2.75) is 45.1 Å². The second kappa shape index (κ2) is 7.02. The molecule has 19 heavy (non-hydrogen) atoms. The zero-order valence-electron chi connectivity index (χ0n) is 11.9. The minimum Gasteiger partial charge on any atom is -0.497 e. The fraction of sp³-hybridized carbons (Fsp3) is 0.533. The lowest BCUT2D eigenvalue weighted by Crippen LogP contribution is -2.46. The molecule has 0 fully saturated rings. The quantitative estimate of drug-likeness (QED) is 0.755. The minimum absolute atomic E-state index is 0.605. The first-order valence-corrected chi connectivity index (χ1v) is 6.73. The van der Waals surface area contributed by atoms with E-state index in [1.165, 1.54) is 0 Å². The van der Waals surface area contributed by atoms with Crippen LogP contribution in [0.3, 0.4) is 0 Å². The molecule has 0 saturated carbocycles. The molecular weight excluding hydrogens is 242 g/mol. The van der Waals surface area contributed by atoms with Crippen molar-refractivity contribution in [3.8, 4) is 5.75 Å². The van der Waals surface area contributed by atoms with Gasteiger partial charge in [-0.1, -0.05) is 32.8 Å². The Bertz CT molecular complexity index is 412. The molecule has 0 radical (unpaired) electrons. The van der Waals surface area contributed by atoms with Gasteiger partial charge in [-0.25, -0.2) is 4.79 Å². The van der Waals surface area contributed by atoms with Crippen molar-refractivity contribution in [1.29, 1.82) is 0 Å². The van der Waals surface area contributed by atoms with Crippen molar-refractivity contribution in [3.63, 3.8) is 0 Å². The summed E-state index contributed by atoms with van der Waals surface area (Å²) in [6.45, 7) is 4.00. The molecule has 0 unspecified atom stereocenters. The van der Waals surface area contributed by atoms with Crippen LogP contribution in [-0.4, -0.2) is 23.7 Å². The number of ether oxygens (including phenoxy) is 1. The second-order valence-corrected chi connectivity index (χ2v) is 4.74. The highest BCUT2D eigenvalue weighted by Gasteiger charge is 2.36. The smallest absolute Gasteiger partial charge is 0.329 e. The summed E-state index contributed by atoms with van der Waals surface area (Å²) in [7, 11) is 1.60. The summed E-state index contributed by atoms with van der Waals surface area (Å²) in [5, 5.41) is 12.8. The Morgan fingerprint density at radius 3 is 2.42 bits per heavy atom. The predicted octanol–water partition coefficient (Wildman–Crippen LogP) is 3.53. The van der Waals surface area contributed by atoms with Crippen LogP contribution in [0, 0.1) is 0 Å². The highest BCUT2D eigenvalue weighted by atomic mass is 16.5. The second-order valence-electron chi connectivity index (χ2n) is 4.74. The van der Waals surface area contributed by atoms with Gasteiger partial charge in [0.25, 0.3) is 0 Å². The van der Waals surface area contributed by atoms with Gasteiger partial charge in [-0.15, -0.1) is 0 Å². The first-order valence-electron chi connectivity index (χ1n) is 6.73. The Labute approximate surface area is 114 Å². The molecule has 0 aliphatic carbocycles. The number of nitrogens with one attached hydrogen (secondary N) is 1. The number of anilines is 1. The van der Waals surface area contributed by atoms with Gasteiger partial charge in [0, 0.05) is 11.8 Å². The van der Waals surface area contributed by atoms with Gasteiger partial charge in [0.15, 0.2) is 0 Å². The van der Waals surface area contributed by atoms with E-state index in [4.69, 9.17) is 4.74 Å². The number of methoxy groups -OCH3 is 1. The fourth-order valence-corrected chi connectivity index (χ4v) is 2.35. The molecule has 1 rings (SSSR count). The topological polar surface area (TPSA) is 58.6 Å². The van der Waals surface area contributed by atoms with E-state index in [9.17, 15) is 9.90 Å². The molecule has 106 valence electrons. The molecule has 0 saturated heterocycles. The Balaban J connectivity index is 3.00. The molecule has 0 spiro atoms. The number of aliphatic carboxylic acids is 1. The minimum atomic E-state index is -0.893. The molecule has 1 aromatic carbocycles. The van der Waals surface area contributed by atoms with Gasteiger partial charge >= 0.3 is 5.97 Å². The molecule has 0 aromatic heterocycles. The fourth-order valence-electron chi connectivity index (χ4n) is 2.35. The van der Waals surface area contributed by atoms with Gasteiger partial charge in [-0.2, -0.15) is 0 Å². The van der Waals surface area contributed by atoms with Crippen LogP contribution in [0.4, 0.5) is 5.69 Å². The lowest BCUT2D eigenvalue weighted by Gasteiger charge is -2.31. The van der Waals surface area contributed by atoms with E-state index in [2.05, 4.69) is 5.32 Å². The lowest BCUT2D eigenvalue weighted by molar-refractivity contribution is -0.142. The van der Waals surface area contributed by atoms with Crippen LogP contribution >= 0.6 is 0 Å². The van der Waals surface area contributed by atoms with Crippen LogP contribution in [0.15, 0.2) is 24.3 Å². The number of hydrogen-bond donors (Lipinski definition) is 2. The summed E-state index contributed by atoms with van der Waals surface area (Å²) in [5.41, 5.74) is -0.112. The van der Waals surface area contributed by atoms with Crippen molar-refractivity contribution >= 4 is 11.7 Å². The molecule has 4 nitrogen and oxygen atoms in total. The van der Waals surface area contributed by atoms with E-state index in [1.54, 1.807) is 7.11 Å². The van der Waals surface area contributed by atoms with Crippen molar-refractivity contribution in [3.05, 3.63) is 24.3 Å². The number of hydrogen-bond acceptors (Lipinski definition) is 3. The average Bonchev–Trinajstić information content (AvgIpc) is 2.39. The maximum atomic E-state index is 11.7. The third-order valence-corrected chi connectivity index (χ3v) is 3.22. The average molecular weight is 265 g/mol. The number of carboxylic acids is 1. The van der Waals surface area contributed by atoms with Crippen LogP contribution in [0.2, 0.25) is 0 Å². The zero-order valence-corrected chi connectivity index (χ0v) is 11.9. The lowest BCUT2D eigenvalue weighted by atomic mass is 9.88. The molecule has 4 heteroatoms. The van der Waals surface area contributed by atoms with Crippen molar-refractivity contribution in [2.24, 2.45) is 0 Å². The summed E-state index contributed by atoms with van der Waals surface area (Å²) < 4.78 is 5.16. The molecule has 0 heterocycles. The monoisotopic (exact) mass is 265 g/mol. The van der Waals surface area contributed by atoms with Crippen LogP contribution < -0.4 is 10.1 Å². The van der Waals surface area contributed by atoms with Gasteiger partial charge < -0.3 is 15.2 Å². The summed E-state index contributed by atoms with van der Waals surface area (Å²) >= 11 is 0. The molecule has 0 atom stereocenters. The Morgan fingerprint density at radius 2 is 1.95 bits per heavy atom. The SMILES string of the molecule is CCCC(CCC)(Nc1cccc(OC)c1)C(=O)O. The maximum absolute atomic E-state index is 11.7. The van der Waals surface area contributed by atoms with E-state index >= 15 is 0 Å². The molecular formula is C15H23NO3. The van der Waals surface area contributed by atoms with Crippen molar-refractivity contribution in [1.82, 2.24) is 0 Å². The first kappa shape index (κ1) is 15.3. The predicted molar refractivity (Wildman–Crippen MR) is 76.8 cm³/mol. The van der Waals surface area contributed by atoms with Crippen LogP contribution in [0.5, 0.6) is 5.75 Å². The van der Waals surface area contributed by atoms with E-state index in [0.29, 0.717) is 12.8 Å². The number of rotatable bonds is 8. The summed E-state index contributed by atoms with van der Waals surface area (Å²) in [6.07, 6.45) is 2.85. The molecule has 0 bridgehead atoms. The van der Waals surface area contributed by atoms with Gasteiger partial charge in [-0.05, 0) is 25.0 Å². The zero-order chi connectivity index (χ0) is 14.3. The highest BCUT2D eigenvalue weighted by Crippen LogP contribution is 2.27. The normalized spacial score (nSPS) is 11.1. The maximum Gasteiger partial charge on any atom is 0.329 e. The van der Waals surface area contributed by atoms with Crippen molar-refractivity contribution in [2.75, 3.05) is 12.4 Å². The molecule has 0 aliphatic rings.